The van der Waals surface area contributed by atoms with E-state index in [0.717, 1.165) is 50.0 Å². The zero-order valence-corrected chi connectivity index (χ0v) is 21.2. The van der Waals surface area contributed by atoms with Gasteiger partial charge in [-0.25, -0.2) is 0 Å². The largest absolute Gasteiger partial charge is 0.466 e. The molecule has 0 radical (unpaired) electrons. The molecule has 37 heavy (non-hydrogen) atoms. The molecule has 2 aromatic carbocycles. The third-order valence-corrected chi connectivity index (χ3v) is 7.99. The molecule has 1 spiro atoms. The molecule has 3 fully saturated rings. The molecule has 1 N–H and O–H groups in total. The maximum atomic E-state index is 13.4. The maximum absolute atomic E-state index is 13.4. The number of likely N-dealkylation sites (tertiary alicyclic amines) is 2. The number of carbonyl (C=O) groups excluding carboxylic acids is 3. The van der Waals surface area contributed by atoms with Gasteiger partial charge in [0, 0.05) is 18.9 Å². The Morgan fingerprint density at radius 1 is 1.08 bits per heavy atom. The first-order chi connectivity index (χ1) is 18.0. The van der Waals surface area contributed by atoms with Crippen molar-refractivity contribution in [3.8, 4) is 5.75 Å². The standard InChI is InChI=1S/C30H35N3O4/c1-2-37-25-12-8-22(9-13-25)21-33-27(34)20-30(29(33)36)15-18-32(19-16-30)17-14-26(23-6-4-3-5-7-23)31-28(35)24-10-11-24/h2-9,12-13,24,26H,1,10-11,14-21H2,(H,31,35)/t26-/m0/s1. The van der Waals surface area contributed by atoms with Crippen LogP contribution in [-0.4, -0.2) is 47.2 Å². The topological polar surface area (TPSA) is 79.0 Å². The Bertz CT molecular complexity index is 1140. The molecule has 1 atom stereocenters. The zero-order chi connectivity index (χ0) is 25.8. The van der Waals surface area contributed by atoms with Gasteiger partial charge >= 0.3 is 0 Å². The summed E-state index contributed by atoms with van der Waals surface area (Å²) < 4.78 is 5.26. The number of benzene rings is 2. The van der Waals surface area contributed by atoms with Crippen LogP contribution in [0, 0.1) is 11.3 Å². The number of hydrogen-bond donors (Lipinski definition) is 1. The Hall–Kier alpha value is -3.45. The second kappa shape index (κ2) is 10.9. The lowest BCUT2D eigenvalue weighted by molar-refractivity contribution is -0.143. The number of imide groups is 1. The molecule has 2 aromatic rings. The summed E-state index contributed by atoms with van der Waals surface area (Å²) in [5.41, 5.74) is 1.44. The van der Waals surface area contributed by atoms with Crippen molar-refractivity contribution in [1.29, 1.82) is 0 Å². The Labute approximate surface area is 218 Å². The van der Waals surface area contributed by atoms with Gasteiger partial charge in [-0.1, -0.05) is 49.0 Å². The van der Waals surface area contributed by atoms with Crippen LogP contribution in [-0.2, 0) is 20.9 Å². The number of rotatable bonds is 10. The molecule has 2 aliphatic heterocycles. The summed E-state index contributed by atoms with van der Waals surface area (Å²) in [5.74, 6) is 0.875. The van der Waals surface area contributed by atoms with Gasteiger partial charge in [0.25, 0.3) is 0 Å². The fourth-order valence-electron chi connectivity index (χ4n) is 5.52. The Kier molecular flexibility index (Phi) is 7.42. The molecule has 194 valence electrons. The van der Waals surface area contributed by atoms with Crippen LogP contribution in [0.15, 0.2) is 67.4 Å². The summed E-state index contributed by atoms with van der Waals surface area (Å²) in [6.07, 6.45) is 5.82. The van der Waals surface area contributed by atoms with Gasteiger partial charge in [-0.2, -0.15) is 0 Å². The molecule has 2 saturated heterocycles. The van der Waals surface area contributed by atoms with E-state index in [4.69, 9.17) is 4.74 Å². The van der Waals surface area contributed by atoms with Crippen molar-refractivity contribution < 1.29 is 19.1 Å². The van der Waals surface area contributed by atoms with Crippen LogP contribution in [0.5, 0.6) is 5.75 Å². The van der Waals surface area contributed by atoms with Crippen LogP contribution in [0.2, 0.25) is 0 Å². The Morgan fingerprint density at radius 3 is 2.43 bits per heavy atom. The van der Waals surface area contributed by atoms with Gasteiger partial charge in [-0.15, -0.1) is 0 Å². The number of piperidine rings is 1. The van der Waals surface area contributed by atoms with E-state index < -0.39 is 5.41 Å². The average Bonchev–Trinajstić information content (AvgIpc) is 3.74. The van der Waals surface area contributed by atoms with Crippen molar-refractivity contribution in [2.24, 2.45) is 11.3 Å². The fourth-order valence-corrected chi connectivity index (χ4v) is 5.52. The van der Waals surface area contributed by atoms with Crippen LogP contribution in [0.1, 0.15) is 55.7 Å². The van der Waals surface area contributed by atoms with Crippen LogP contribution in [0.25, 0.3) is 0 Å². The summed E-state index contributed by atoms with van der Waals surface area (Å²) in [6, 6.07) is 17.5. The lowest BCUT2D eigenvalue weighted by Gasteiger charge is -2.38. The first-order valence-corrected chi connectivity index (χ1v) is 13.3. The van der Waals surface area contributed by atoms with E-state index in [9.17, 15) is 14.4 Å². The predicted molar refractivity (Wildman–Crippen MR) is 140 cm³/mol. The third kappa shape index (κ3) is 5.77. The summed E-state index contributed by atoms with van der Waals surface area (Å²) in [4.78, 5) is 42.5. The molecule has 0 bridgehead atoms. The summed E-state index contributed by atoms with van der Waals surface area (Å²) in [6.45, 7) is 6.23. The summed E-state index contributed by atoms with van der Waals surface area (Å²) >= 11 is 0. The fraction of sp³-hybridized carbons (Fsp3) is 0.433. The molecule has 3 amide bonds. The van der Waals surface area contributed by atoms with Gasteiger partial charge in [0.15, 0.2) is 0 Å². The number of hydrogen-bond acceptors (Lipinski definition) is 5. The summed E-state index contributed by atoms with van der Waals surface area (Å²) in [7, 11) is 0. The van der Waals surface area contributed by atoms with Gasteiger partial charge < -0.3 is 15.0 Å². The highest BCUT2D eigenvalue weighted by Crippen LogP contribution is 2.43. The molecular weight excluding hydrogens is 466 g/mol. The lowest BCUT2D eigenvalue weighted by atomic mass is 9.77. The second-order valence-electron chi connectivity index (χ2n) is 10.5. The van der Waals surface area contributed by atoms with E-state index in [2.05, 4.69) is 28.9 Å². The van der Waals surface area contributed by atoms with Crippen LogP contribution in [0.4, 0.5) is 0 Å². The van der Waals surface area contributed by atoms with Gasteiger partial charge in [0.2, 0.25) is 17.7 Å². The van der Waals surface area contributed by atoms with Gasteiger partial charge in [0.05, 0.1) is 24.3 Å². The number of carbonyl (C=O) groups is 3. The normalized spacial score (nSPS) is 20.2. The van der Waals surface area contributed by atoms with Crippen LogP contribution >= 0.6 is 0 Å². The van der Waals surface area contributed by atoms with Crippen molar-refractivity contribution in [1.82, 2.24) is 15.1 Å². The highest BCUT2D eigenvalue weighted by molar-refractivity contribution is 6.05. The van der Waals surface area contributed by atoms with E-state index in [0.29, 0.717) is 25.0 Å². The molecule has 1 aliphatic carbocycles. The molecule has 0 aromatic heterocycles. The Morgan fingerprint density at radius 2 is 1.78 bits per heavy atom. The van der Waals surface area contributed by atoms with Crippen LogP contribution < -0.4 is 10.1 Å². The lowest BCUT2D eigenvalue weighted by Crippen LogP contribution is -2.45. The average molecular weight is 502 g/mol. The molecular formula is C30H35N3O4. The first kappa shape index (κ1) is 25.2. The van der Waals surface area contributed by atoms with Gasteiger partial charge in [0.1, 0.15) is 5.75 Å². The van der Waals surface area contributed by atoms with E-state index >= 15 is 0 Å². The quantitative estimate of drug-likeness (QED) is 0.390. The number of amides is 3. The van der Waals surface area contributed by atoms with Gasteiger partial charge in [-0.3, -0.25) is 19.3 Å². The number of nitrogens with one attached hydrogen (secondary N) is 1. The molecule has 0 unspecified atom stereocenters. The first-order valence-electron chi connectivity index (χ1n) is 13.3. The van der Waals surface area contributed by atoms with Crippen molar-refractivity contribution in [3.63, 3.8) is 0 Å². The van der Waals surface area contributed by atoms with Crippen LogP contribution in [0.3, 0.4) is 0 Å². The van der Waals surface area contributed by atoms with E-state index in [1.807, 2.05) is 42.5 Å². The monoisotopic (exact) mass is 501 g/mol. The smallest absolute Gasteiger partial charge is 0.236 e. The van der Waals surface area contributed by atoms with Crippen molar-refractivity contribution >= 4 is 17.7 Å². The van der Waals surface area contributed by atoms with Gasteiger partial charge in [-0.05, 0) is 68.5 Å². The minimum Gasteiger partial charge on any atom is -0.466 e. The minimum atomic E-state index is -0.585. The maximum Gasteiger partial charge on any atom is 0.236 e. The summed E-state index contributed by atoms with van der Waals surface area (Å²) in [5, 5.41) is 3.25. The van der Waals surface area contributed by atoms with Crippen molar-refractivity contribution in [2.75, 3.05) is 19.6 Å². The van der Waals surface area contributed by atoms with E-state index in [1.165, 1.54) is 11.2 Å². The molecule has 1 saturated carbocycles. The Balaban J connectivity index is 1.16. The predicted octanol–water partition coefficient (Wildman–Crippen LogP) is 4.21. The van der Waals surface area contributed by atoms with Crippen molar-refractivity contribution in [2.45, 2.75) is 51.1 Å². The second-order valence-corrected chi connectivity index (χ2v) is 10.5. The molecule has 2 heterocycles. The minimum absolute atomic E-state index is 0.0152. The van der Waals surface area contributed by atoms with Crippen molar-refractivity contribution in [3.05, 3.63) is 78.6 Å². The zero-order valence-electron chi connectivity index (χ0n) is 21.2. The molecule has 7 nitrogen and oxygen atoms in total. The molecule has 3 aliphatic rings. The number of ether oxygens (including phenoxy) is 1. The third-order valence-electron chi connectivity index (χ3n) is 7.99. The molecule has 7 heteroatoms. The number of nitrogens with zero attached hydrogens (tertiary/aromatic N) is 2. The van der Waals surface area contributed by atoms with E-state index in [1.54, 1.807) is 0 Å². The SMILES string of the molecule is C=COc1ccc(CN2C(=O)CC3(CCN(CC[C@H](NC(=O)C4CC4)c4ccccc4)CC3)C2=O)cc1. The van der Waals surface area contributed by atoms with E-state index in [-0.39, 0.29) is 36.2 Å². The highest BCUT2D eigenvalue weighted by Gasteiger charge is 2.52. The molecule has 5 rings (SSSR count). The highest BCUT2D eigenvalue weighted by atomic mass is 16.5.